The number of methoxy groups -OCH3 is 1. The minimum absolute atomic E-state index is 0.0921. The van der Waals surface area contributed by atoms with Gasteiger partial charge in [0.1, 0.15) is 30.0 Å². The molecule has 1 aliphatic carbocycles. The molecule has 3 rings (SSSR count). The molecule has 3 amide bonds. The zero-order chi connectivity index (χ0) is 29.9. The van der Waals surface area contributed by atoms with Crippen molar-refractivity contribution in [2.24, 2.45) is 5.92 Å². The van der Waals surface area contributed by atoms with Crippen molar-refractivity contribution in [3.63, 3.8) is 0 Å². The smallest absolute Gasteiger partial charge is 0.411 e. The fourth-order valence-electron chi connectivity index (χ4n) is 4.94. The first kappa shape index (κ1) is 31.5. The molecular weight excluding hydrogens is 544 g/mol. The summed E-state index contributed by atoms with van der Waals surface area (Å²) in [5.74, 6) is -4.44. The van der Waals surface area contributed by atoms with Gasteiger partial charge in [-0.05, 0) is 49.0 Å². The van der Waals surface area contributed by atoms with Crippen LogP contribution in [0.4, 0.5) is 13.6 Å². The van der Waals surface area contributed by atoms with E-state index >= 15 is 0 Å². The highest BCUT2D eigenvalue weighted by Crippen LogP contribution is 2.27. The maximum Gasteiger partial charge on any atom is 0.411 e. The monoisotopic (exact) mass is 579 g/mol. The van der Waals surface area contributed by atoms with Crippen molar-refractivity contribution in [1.82, 2.24) is 15.5 Å². The van der Waals surface area contributed by atoms with E-state index < -0.39 is 60.0 Å². The number of amides is 3. The zero-order valence-corrected chi connectivity index (χ0v) is 23.1. The van der Waals surface area contributed by atoms with E-state index in [0.717, 1.165) is 51.0 Å². The van der Waals surface area contributed by atoms with Crippen molar-refractivity contribution >= 4 is 35.9 Å². The molecule has 13 heteroatoms. The number of ether oxygens (including phenoxy) is 3. The molecule has 2 N–H and O–H groups in total. The van der Waals surface area contributed by atoms with Gasteiger partial charge in [-0.2, -0.15) is 0 Å². The summed E-state index contributed by atoms with van der Waals surface area (Å²) in [4.78, 5) is 63.8. The van der Waals surface area contributed by atoms with Crippen LogP contribution in [-0.2, 0) is 33.4 Å². The quantitative estimate of drug-likeness (QED) is 0.232. The number of likely N-dealkylation sites (tertiary alicyclic amines) is 1. The van der Waals surface area contributed by atoms with E-state index in [1.807, 2.05) is 0 Å². The van der Waals surface area contributed by atoms with Crippen LogP contribution in [0.2, 0.25) is 0 Å². The van der Waals surface area contributed by atoms with Crippen LogP contribution in [0.3, 0.4) is 0 Å². The predicted molar refractivity (Wildman–Crippen MR) is 141 cm³/mol. The molecule has 0 bridgehead atoms. The fourth-order valence-corrected chi connectivity index (χ4v) is 4.94. The molecule has 2 fully saturated rings. The molecule has 2 unspecified atom stereocenters. The van der Waals surface area contributed by atoms with E-state index in [1.165, 1.54) is 11.8 Å². The summed E-state index contributed by atoms with van der Waals surface area (Å²) >= 11 is 0. The summed E-state index contributed by atoms with van der Waals surface area (Å²) in [6.45, 7) is 1.20. The van der Waals surface area contributed by atoms with Gasteiger partial charge in [0, 0.05) is 19.5 Å². The van der Waals surface area contributed by atoms with Crippen LogP contribution in [-0.4, -0.2) is 73.7 Å². The number of nitrogens with one attached hydrogen (secondary N) is 2. The van der Waals surface area contributed by atoms with E-state index in [2.05, 4.69) is 10.6 Å². The van der Waals surface area contributed by atoms with Crippen LogP contribution < -0.4 is 10.6 Å². The van der Waals surface area contributed by atoms with Crippen LogP contribution in [0.15, 0.2) is 23.9 Å². The van der Waals surface area contributed by atoms with Crippen molar-refractivity contribution in [2.75, 3.05) is 26.9 Å². The Morgan fingerprint density at radius 3 is 2.34 bits per heavy atom. The first-order valence-electron chi connectivity index (χ1n) is 13.5. The van der Waals surface area contributed by atoms with Gasteiger partial charge in [0.05, 0.1) is 13.7 Å². The van der Waals surface area contributed by atoms with Crippen LogP contribution in [0, 0.1) is 17.6 Å². The molecule has 1 aromatic rings. The number of halogens is 2. The summed E-state index contributed by atoms with van der Waals surface area (Å²) in [5, 5.41) is 4.56. The van der Waals surface area contributed by atoms with Crippen molar-refractivity contribution in [3.05, 3.63) is 41.1 Å². The van der Waals surface area contributed by atoms with E-state index in [-0.39, 0.29) is 18.1 Å². The maximum absolute atomic E-state index is 13.8. The lowest BCUT2D eigenvalue weighted by atomic mass is 10.1. The van der Waals surface area contributed by atoms with Crippen LogP contribution >= 0.6 is 0 Å². The molecule has 0 radical (unpaired) electrons. The Kier molecular flexibility index (Phi) is 11.6. The SMILES string of the molecule is COC(=O)C(COC(=O)C1CCCN1C(C)=O)NC(=O)/C(=C\c1cc(F)cc(F)c1)NC(=O)OCCC1CCCC1. The number of esters is 2. The van der Waals surface area contributed by atoms with Gasteiger partial charge in [0.15, 0.2) is 6.04 Å². The predicted octanol–water partition coefficient (Wildman–Crippen LogP) is 2.82. The normalized spacial score (nSPS) is 18.0. The van der Waals surface area contributed by atoms with Gasteiger partial charge in [0.25, 0.3) is 5.91 Å². The largest absolute Gasteiger partial charge is 0.467 e. The number of nitrogens with zero attached hydrogens (tertiary/aromatic N) is 1. The Balaban J connectivity index is 1.71. The highest BCUT2D eigenvalue weighted by Gasteiger charge is 2.35. The summed E-state index contributed by atoms with van der Waals surface area (Å²) in [5.41, 5.74) is -0.579. The lowest BCUT2D eigenvalue weighted by Crippen LogP contribution is -2.48. The third-order valence-corrected chi connectivity index (χ3v) is 7.02. The number of carbonyl (C=O) groups is 5. The van der Waals surface area contributed by atoms with E-state index in [9.17, 15) is 32.8 Å². The number of benzene rings is 1. The molecule has 1 heterocycles. The van der Waals surface area contributed by atoms with Gasteiger partial charge in [-0.1, -0.05) is 25.7 Å². The fraction of sp³-hybridized carbons (Fsp3) is 0.536. The molecule has 2 aliphatic rings. The molecule has 11 nitrogen and oxygen atoms in total. The summed E-state index contributed by atoms with van der Waals surface area (Å²) in [7, 11) is 1.06. The Labute approximate surface area is 236 Å². The Hall–Kier alpha value is -4.03. The summed E-state index contributed by atoms with van der Waals surface area (Å²) < 4.78 is 42.7. The zero-order valence-electron chi connectivity index (χ0n) is 23.1. The van der Waals surface area contributed by atoms with Gasteiger partial charge in [-0.25, -0.2) is 23.2 Å². The third-order valence-electron chi connectivity index (χ3n) is 7.02. The third kappa shape index (κ3) is 9.54. The summed E-state index contributed by atoms with van der Waals surface area (Å²) in [6.07, 6.45) is 6.03. The maximum atomic E-state index is 13.8. The van der Waals surface area contributed by atoms with E-state index in [1.54, 1.807) is 0 Å². The van der Waals surface area contributed by atoms with Crippen LogP contribution in [0.1, 0.15) is 57.4 Å². The average molecular weight is 580 g/mol. The van der Waals surface area contributed by atoms with Gasteiger partial charge in [0.2, 0.25) is 5.91 Å². The lowest BCUT2D eigenvalue weighted by molar-refractivity contribution is -0.157. The number of hydrogen-bond acceptors (Lipinski definition) is 8. The molecule has 1 saturated heterocycles. The lowest BCUT2D eigenvalue weighted by Gasteiger charge is -2.23. The average Bonchev–Trinajstić information content (AvgIpc) is 3.62. The van der Waals surface area contributed by atoms with Crippen molar-refractivity contribution in [3.8, 4) is 0 Å². The molecular formula is C28H35F2N3O8. The van der Waals surface area contributed by atoms with Gasteiger partial charge >= 0.3 is 18.0 Å². The van der Waals surface area contributed by atoms with Crippen molar-refractivity contribution in [1.29, 1.82) is 0 Å². The second-order valence-electron chi connectivity index (χ2n) is 10.0. The molecule has 2 atom stereocenters. The second-order valence-corrected chi connectivity index (χ2v) is 10.0. The van der Waals surface area contributed by atoms with Crippen molar-refractivity contribution < 1.29 is 47.0 Å². The minimum Gasteiger partial charge on any atom is -0.467 e. The van der Waals surface area contributed by atoms with Gasteiger partial charge in [-0.3, -0.25) is 14.9 Å². The number of rotatable bonds is 11. The highest BCUT2D eigenvalue weighted by atomic mass is 19.1. The van der Waals surface area contributed by atoms with Crippen LogP contribution in [0.5, 0.6) is 0 Å². The van der Waals surface area contributed by atoms with E-state index in [4.69, 9.17) is 14.2 Å². The van der Waals surface area contributed by atoms with Gasteiger partial charge < -0.3 is 24.4 Å². The van der Waals surface area contributed by atoms with E-state index in [0.29, 0.717) is 37.8 Å². The first-order chi connectivity index (χ1) is 19.6. The molecule has 1 saturated carbocycles. The Bertz CT molecular complexity index is 1150. The first-order valence-corrected chi connectivity index (χ1v) is 13.5. The minimum atomic E-state index is -1.50. The number of hydrogen-bond donors (Lipinski definition) is 2. The Morgan fingerprint density at radius 1 is 1.02 bits per heavy atom. The standard InChI is InChI=1S/C28H35F2N3O8/c1-17(34)33-10-5-8-24(33)27(37)41-16-23(26(36)39-2)31-25(35)22(14-19-12-20(29)15-21(30)13-19)32-28(38)40-11-9-18-6-3-4-7-18/h12-15,18,23-24H,3-11,16H2,1-2H3,(H,31,35)(H,32,38)/b22-14+. The molecule has 224 valence electrons. The molecule has 41 heavy (non-hydrogen) atoms. The molecule has 1 aromatic carbocycles. The molecule has 0 aromatic heterocycles. The van der Waals surface area contributed by atoms with Crippen molar-refractivity contribution in [2.45, 2.75) is 64.0 Å². The van der Waals surface area contributed by atoms with Crippen LogP contribution in [0.25, 0.3) is 6.08 Å². The molecule has 1 aliphatic heterocycles. The second kappa shape index (κ2) is 15.1. The topological polar surface area (TPSA) is 140 Å². The van der Waals surface area contributed by atoms with Gasteiger partial charge in [-0.15, -0.1) is 0 Å². The molecule has 0 spiro atoms. The number of alkyl carbamates (subject to hydrolysis) is 1. The summed E-state index contributed by atoms with van der Waals surface area (Å²) in [6, 6.07) is 0.189. The Morgan fingerprint density at radius 2 is 1.71 bits per heavy atom. The highest BCUT2D eigenvalue weighted by molar-refractivity contribution is 6.02. The number of carbonyl (C=O) groups excluding carboxylic acids is 5.